The average molecular weight is 1230 g/mol. The number of urea groups is 1. The Balaban J connectivity index is 0.861. The number of imide groups is 1. The lowest BCUT2D eigenvalue weighted by atomic mass is 10.0. The highest BCUT2D eigenvalue weighted by Gasteiger charge is 2.47. The van der Waals surface area contributed by atoms with Gasteiger partial charge in [-0.1, -0.05) is 56.7 Å². The van der Waals surface area contributed by atoms with E-state index in [1.807, 2.05) is 0 Å². The maximum Gasteiger partial charge on any atom is 0.416 e. The molecule has 3 aromatic carbocycles. The van der Waals surface area contributed by atoms with Gasteiger partial charge in [0.2, 0.25) is 17.7 Å². The largest absolute Gasteiger partial charge is 0.493 e. The number of methoxy groups -OCH3 is 2. The molecule has 26 heteroatoms. The number of fused-ring (bicyclic) bond motifs is 4. The van der Waals surface area contributed by atoms with E-state index in [-0.39, 0.29) is 104 Å². The SMILES string of the molecule is C=C1C[C@H]2C=Nc3cc(OCCCCCOc4cc5c(cc4OC)C(=O)N4CC(=C)C[C@H]4[C@H](O)N5C(=O)OCc4ccc(NC(=O)[C@H](CCCNC(N)=O)NC(=O)[C@@H](NC(=O)CCCCCN5C(=O)C=C(S)C5=O)C(C)C)cc4)c(OC)cc3C(=O)N2C1. The number of nitrogens with two attached hydrogens (primary N) is 1. The normalized spacial score (nSPS) is 18.4. The number of unbranched alkanes of at least 4 members (excludes halogenated alkanes) is 4. The van der Waals surface area contributed by atoms with Gasteiger partial charge in [0.1, 0.15) is 18.7 Å². The topological polar surface area (TPSA) is 319 Å². The summed E-state index contributed by atoms with van der Waals surface area (Å²) in [7, 11) is 2.94. The fourth-order valence-electron chi connectivity index (χ4n) is 10.9. The van der Waals surface area contributed by atoms with Crippen molar-refractivity contribution >= 4 is 89.4 Å². The molecule has 0 aliphatic carbocycles. The van der Waals surface area contributed by atoms with Crippen molar-refractivity contribution in [1.82, 2.24) is 30.7 Å². The van der Waals surface area contributed by atoms with Crippen molar-refractivity contribution in [2.24, 2.45) is 16.6 Å². The number of anilines is 2. The quantitative estimate of drug-likeness (QED) is 0.0195. The molecule has 3 aromatic rings. The molecule has 5 aliphatic heterocycles. The minimum absolute atomic E-state index is 0.0384. The van der Waals surface area contributed by atoms with Crippen LogP contribution < -0.4 is 50.8 Å². The minimum atomic E-state index is -1.56. The maximum absolute atomic E-state index is 14.3. The molecule has 88 heavy (non-hydrogen) atoms. The third kappa shape index (κ3) is 15.8. The smallest absolute Gasteiger partial charge is 0.416 e. The number of ether oxygens (including phenoxy) is 5. The van der Waals surface area contributed by atoms with E-state index in [1.54, 1.807) is 61.4 Å². The molecule has 470 valence electrons. The van der Waals surface area contributed by atoms with E-state index in [1.165, 1.54) is 31.3 Å². The van der Waals surface area contributed by atoms with Crippen molar-refractivity contribution < 1.29 is 71.9 Å². The fraction of sp³-hybridized carbons (Fsp3) is 0.452. The van der Waals surface area contributed by atoms with E-state index in [4.69, 9.17) is 29.4 Å². The van der Waals surface area contributed by atoms with Crippen LogP contribution in [0, 0.1) is 5.92 Å². The Labute approximate surface area is 515 Å². The van der Waals surface area contributed by atoms with Crippen LogP contribution in [0.1, 0.15) is 111 Å². The molecule has 0 saturated carbocycles. The summed E-state index contributed by atoms with van der Waals surface area (Å²) >= 11 is 4.01. The van der Waals surface area contributed by atoms with Crippen LogP contribution in [0.3, 0.4) is 0 Å². The van der Waals surface area contributed by atoms with Gasteiger partial charge in [0, 0.05) is 62.7 Å². The third-order valence-electron chi connectivity index (χ3n) is 15.6. The number of aliphatic hydroxyl groups is 1. The maximum atomic E-state index is 14.3. The molecule has 10 amide bonds. The second-order valence-corrected chi connectivity index (χ2v) is 22.9. The van der Waals surface area contributed by atoms with Crippen LogP contribution in [0.25, 0.3) is 0 Å². The van der Waals surface area contributed by atoms with Gasteiger partial charge in [-0.15, -0.1) is 12.6 Å². The summed E-state index contributed by atoms with van der Waals surface area (Å²) in [6.45, 7) is 12.8. The van der Waals surface area contributed by atoms with Gasteiger partial charge >= 0.3 is 12.1 Å². The van der Waals surface area contributed by atoms with Crippen molar-refractivity contribution in [1.29, 1.82) is 0 Å². The molecule has 5 aliphatic rings. The zero-order chi connectivity index (χ0) is 63.3. The van der Waals surface area contributed by atoms with Gasteiger partial charge in [0.25, 0.3) is 23.6 Å². The van der Waals surface area contributed by atoms with Crippen LogP contribution in [-0.4, -0.2) is 164 Å². The number of nitrogens with one attached hydrogen (secondary N) is 4. The van der Waals surface area contributed by atoms with E-state index in [9.17, 15) is 48.3 Å². The van der Waals surface area contributed by atoms with Gasteiger partial charge in [-0.2, -0.15) is 0 Å². The number of carbonyl (C=O) groups excluding carboxylic acids is 9. The first-order chi connectivity index (χ1) is 42.1. The molecule has 0 unspecified atom stereocenters. The number of amides is 10. The number of primary amides is 1. The molecular formula is C62H76N10O15S. The molecule has 2 saturated heterocycles. The highest BCUT2D eigenvalue weighted by atomic mass is 32.1. The van der Waals surface area contributed by atoms with Crippen molar-refractivity contribution in [2.45, 2.75) is 121 Å². The minimum Gasteiger partial charge on any atom is -0.493 e. The van der Waals surface area contributed by atoms with Gasteiger partial charge in [0.15, 0.2) is 29.2 Å². The van der Waals surface area contributed by atoms with Gasteiger partial charge in [-0.05, 0) is 93.5 Å². The lowest BCUT2D eigenvalue weighted by molar-refractivity contribution is -0.137. The van der Waals surface area contributed by atoms with Crippen LogP contribution in [0.4, 0.5) is 26.7 Å². The first-order valence-electron chi connectivity index (χ1n) is 29.3. The number of hydrogen-bond acceptors (Lipinski definition) is 17. The van der Waals surface area contributed by atoms with Gasteiger partial charge < -0.3 is 65.6 Å². The van der Waals surface area contributed by atoms with Crippen molar-refractivity contribution in [3.05, 3.63) is 101 Å². The summed E-state index contributed by atoms with van der Waals surface area (Å²) < 4.78 is 29.5. The molecular weight excluding hydrogens is 1160 g/mol. The highest BCUT2D eigenvalue weighted by molar-refractivity contribution is 7.85. The van der Waals surface area contributed by atoms with E-state index in [0.29, 0.717) is 97.7 Å². The summed E-state index contributed by atoms with van der Waals surface area (Å²) in [5, 5.41) is 22.7. The number of nitrogens with zero attached hydrogens (tertiary/aromatic N) is 5. The Morgan fingerprint density at radius 2 is 1.42 bits per heavy atom. The first-order valence-corrected chi connectivity index (χ1v) is 29.7. The van der Waals surface area contributed by atoms with Crippen LogP contribution in [0.2, 0.25) is 0 Å². The second-order valence-electron chi connectivity index (χ2n) is 22.4. The molecule has 5 heterocycles. The standard InChI is InChI=1S/C62H76N10O15S/c1-35(2)54(68-52(73)15-9-7-10-21-69-53(74)30-51(88)60(69)80)56(76)67-43(14-13-20-64-61(63)81)55(75)66-39-18-16-38(17-19-39)34-87-62(82)72-45-29-50(48(84-6)27-42(45)58(78)71-33-37(4)25-46(71)59(72)79)86-23-12-8-11-22-85-49-28-44-41(26-47(49)83-5)57(77)70-32-36(3)24-40(70)31-65-44/h16-19,26-31,35,40,43,46,54,59,79,88H,3-4,7-15,20-25,32-34H2,1-2,5-6H3,(H,66,75)(H,67,76)(H,68,73)(H3,63,64,81)/t40-,43-,46-,54-,59-/m0/s1. The van der Waals surface area contributed by atoms with E-state index in [2.05, 4.69) is 52.0 Å². The highest BCUT2D eigenvalue weighted by Crippen LogP contribution is 2.43. The summed E-state index contributed by atoms with van der Waals surface area (Å²) in [5.41, 5.74) is 8.75. The van der Waals surface area contributed by atoms with Crippen LogP contribution in [0.5, 0.6) is 23.0 Å². The summed E-state index contributed by atoms with van der Waals surface area (Å²) in [6.07, 6.45) is 5.00. The fourth-order valence-corrected chi connectivity index (χ4v) is 11.2. The second kappa shape index (κ2) is 29.7. The van der Waals surface area contributed by atoms with Crippen molar-refractivity contribution in [2.75, 3.05) is 63.8 Å². The molecule has 0 spiro atoms. The number of thiol groups is 1. The van der Waals surface area contributed by atoms with Gasteiger partial charge in [-0.25, -0.2) is 14.5 Å². The number of rotatable bonds is 28. The molecule has 0 bridgehead atoms. The van der Waals surface area contributed by atoms with E-state index >= 15 is 0 Å². The first kappa shape index (κ1) is 65.1. The lowest BCUT2D eigenvalue weighted by Crippen LogP contribution is -2.54. The molecule has 25 nitrogen and oxygen atoms in total. The predicted molar refractivity (Wildman–Crippen MR) is 328 cm³/mol. The van der Waals surface area contributed by atoms with Crippen LogP contribution in [0.15, 0.2) is 88.8 Å². The average Bonchev–Trinajstić information content (AvgIpc) is 2.06. The third-order valence-corrected chi connectivity index (χ3v) is 15.9. The number of carbonyl (C=O) groups is 9. The lowest BCUT2D eigenvalue weighted by Gasteiger charge is -2.31. The number of aliphatic hydroxyl groups excluding tert-OH is 1. The Morgan fingerprint density at radius 1 is 0.773 bits per heavy atom. The van der Waals surface area contributed by atoms with Gasteiger partial charge in [-0.3, -0.25) is 43.5 Å². The van der Waals surface area contributed by atoms with Crippen molar-refractivity contribution in [3.63, 3.8) is 0 Å². The van der Waals surface area contributed by atoms with Crippen LogP contribution >= 0.6 is 12.6 Å². The molecule has 8 rings (SSSR count). The Kier molecular flexibility index (Phi) is 21.9. The van der Waals surface area contributed by atoms with E-state index < -0.39 is 71.9 Å². The Bertz CT molecular complexity index is 3280. The summed E-state index contributed by atoms with van der Waals surface area (Å²) in [4.78, 5) is 128. The van der Waals surface area contributed by atoms with Crippen LogP contribution in [-0.2, 0) is 35.3 Å². The molecule has 5 atom stereocenters. The molecule has 2 fully saturated rings. The summed E-state index contributed by atoms with van der Waals surface area (Å²) in [5.74, 6) is -2.19. The van der Waals surface area contributed by atoms with E-state index in [0.717, 1.165) is 21.4 Å². The Hall–Kier alpha value is -8.91. The molecule has 7 N–H and O–H groups in total. The monoisotopic (exact) mass is 1230 g/mol. The zero-order valence-corrected chi connectivity index (χ0v) is 50.7. The molecule has 0 aromatic heterocycles. The number of hydrogen-bond donors (Lipinski definition) is 7. The van der Waals surface area contributed by atoms with Crippen molar-refractivity contribution in [3.8, 4) is 23.0 Å². The number of aliphatic imine (C=N–C) groups is 1. The summed E-state index contributed by atoms with van der Waals surface area (Å²) in [6, 6.07) is 8.75. The Morgan fingerprint density at radius 3 is 2.08 bits per heavy atom. The zero-order valence-electron chi connectivity index (χ0n) is 49.8. The predicted octanol–water partition coefficient (Wildman–Crippen LogP) is 5.82. The molecule has 0 radical (unpaired) electrons. The van der Waals surface area contributed by atoms with Gasteiger partial charge in [0.05, 0.1) is 66.9 Å². The number of benzene rings is 3.